The summed E-state index contributed by atoms with van der Waals surface area (Å²) in [4.78, 5) is 25.1. The highest BCUT2D eigenvalue weighted by Crippen LogP contribution is 2.31. The molecule has 1 fully saturated rings. The zero-order valence-corrected chi connectivity index (χ0v) is 19.7. The number of esters is 2. The maximum absolute atomic E-state index is 12.6. The van der Waals surface area contributed by atoms with Crippen LogP contribution in [0.5, 0.6) is 17.2 Å². The van der Waals surface area contributed by atoms with E-state index in [0.717, 1.165) is 5.56 Å². The van der Waals surface area contributed by atoms with E-state index in [1.165, 1.54) is 0 Å². The normalized spacial score (nSPS) is 17.7. The first-order valence-electron chi connectivity index (χ1n) is 11.4. The summed E-state index contributed by atoms with van der Waals surface area (Å²) in [7, 11) is 3.18. The van der Waals surface area contributed by atoms with Gasteiger partial charge in [-0.1, -0.05) is 12.1 Å². The van der Waals surface area contributed by atoms with Crippen molar-refractivity contribution in [2.45, 2.75) is 32.3 Å². The van der Waals surface area contributed by atoms with E-state index in [1.807, 2.05) is 12.1 Å². The highest BCUT2D eigenvalue weighted by Gasteiger charge is 2.32. The molecule has 0 bridgehead atoms. The quantitative estimate of drug-likeness (QED) is 0.197. The summed E-state index contributed by atoms with van der Waals surface area (Å²) in [5, 5.41) is 0. The molecule has 1 aliphatic rings. The third-order valence-corrected chi connectivity index (χ3v) is 5.60. The van der Waals surface area contributed by atoms with Crippen molar-refractivity contribution in [2.75, 3.05) is 34.2 Å². The number of rotatable bonds is 12. The first-order chi connectivity index (χ1) is 16.6. The van der Waals surface area contributed by atoms with Crippen LogP contribution in [0.3, 0.4) is 0 Å². The average Bonchev–Trinajstić information content (AvgIpc) is 2.86. The van der Waals surface area contributed by atoms with Crippen LogP contribution in [0, 0.1) is 11.8 Å². The van der Waals surface area contributed by atoms with Gasteiger partial charge in [-0.3, -0.25) is 9.59 Å². The van der Waals surface area contributed by atoms with Gasteiger partial charge in [0.1, 0.15) is 30.6 Å². The zero-order chi connectivity index (χ0) is 24.2. The molecule has 0 heterocycles. The van der Waals surface area contributed by atoms with Crippen LogP contribution in [0.15, 0.2) is 48.5 Å². The molecule has 2 aromatic rings. The standard InChI is InChI=1S/C26H32O8/c1-29-15-16-32-22-11-13-24(14-12-22)34-26(28)21-7-5-20(6-8-21)25(27)33-23-9-3-19(4-10-23)17-31-18-30-2/h3-4,9-14,20-21H,5-8,15-18H2,1-2H3. The lowest BCUT2D eigenvalue weighted by atomic mass is 9.82. The minimum atomic E-state index is -0.272. The van der Waals surface area contributed by atoms with Gasteiger partial charge >= 0.3 is 11.9 Å². The number of benzene rings is 2. The molecule has 8 nitrogen and oxygen atoms in total. The van der Waals surface area contributed by atoms with Gasteiger partial charge in [-0.2, -0.15) is 0 Å². The molecule has 34 heavy (non-hydrogen) atoms. The van der Waals surface area contributed by atoms with Crippen LogP contribution in [0.4, 0.5) is 0 Å². The zero-order valence-electron chi connectivity index (χ0n) is 19.7. The smallest absolute Gasteiger partial charge is 0.314 e. The number of hydrogen-bond donors (Lipinski definition) is 0. The van der Waals surface area contributed by atoms with Crippen molar-refractivity contribution in [3.05, 3.63) is 54.1 Å². The molecule has 3 rings (SSSR count). The van der Waals surface area contributed by atoms with Gasteiger partial charge in [-0.15, -0.1) is 0 Å². The third kappa shape index (κ3) is 8.13. The van der Waals surface area contributed by atoms with Gasteiger partial charge in [-0.25, -0.2) is 0 Å². The summed E-state index contributed by atoms with van der Waals surface area (Å²) in [6, 6.07) is 14.1. The summed E-state index contributed by atoms with van der Waals surface area (Å²) in [6.07, 6.45) is 2.36. The van der Waals surface area contributed by atoms with Gasteiger partial charge < -0.3 is 28.4 Å². The Balaban J connectivity index is 1.40. The lowest BCUT2D eigenvalue weighted by Crippen LogP contribution is -2.30. The van der Waals surface area contributed by atoms with Crippen molar-refractivity contribution in [3.63, 3.8) is 0 Å². The van der Waals surface area contributed by atoms with Crippen molar-refractivity contribution >= 4 is 11.9 Å². The molecule has 0 atom stereocenters. The summed E-state index contributed by atoms with van der Waals surface area (Å²) >= 11 is 0. The molecule has 0 spiro atoms. The second-order valence-electron chi connectivity index (χ2n) is 8.10. The first-order valence-corrected chi connectivity index (χ1v) is 11.4. The largest absolute Gasteiger partial charge is 0.491 e. The molecule has 2 aromatic carbocycles. The van der Waals surface area contributed by atoms with E-state index in [-0.39, 0.29) is 30.6 Å². The van der Waals surface area contributed by atoms with E-state index in [1.54, 1.807) is 50.6 Å². The van der Waals surface area contributed by atoms with Crippen molar-refractivity contribution in [1.29, 1.82) is 0 Å². The summed E-state index contributed by atoms with van der Waals surface area (Å²) in [6.45, 7) is 1.61. The van der Waals surface area contributed by atoms with Crippen molar-refractivity contribution < 1.29 is 38.0 Å². The van der Waals surface area contributed by atoms with Crippen LogP contribution in [-0.4, -0.2) is 46.2 Å². The Morgan fingerprint density at radius 2 is 1.21 bits per heavy atom. The Morgan fingerprint density at radius 1 is 0.706 bits per heavy atom. The minimum absolute atomic E-state index is 0.225. The second kappa shape index (κ2) is 13.7. The predicted octanol–water partition coefficient (Wildman–Crippen LogP) is 4.15. The lowest BCUT2D eigenvalue weighted by Gasteiger charge is -2.25. The van der Waals surface area contributed by atoms with Gasteiger partial charge in [0.15, 0.2) is 0 Å². The van der Waals surface area contributed by atoms with Gasteiger partial charge in [0.25, 0.3) is 0 Å². The average molecular weight is 473 g/mol. The highest BCUT2D eigenvalue weighted by molar-refractivity contribution is 5.77. The predicted molar refractivity (Wildman–Crippen MR) is 124 cm³/mol. The fourth-order valence-electron chi connectivity index (χ4n) is 3.71. The summed E-state index contributed by atoms with van der Waals surface area (Å²) in [5.74, 6) is 0.666. The van der Waals surface area contributed by atoms with Crippen LogP contribution < -0.4 is 14.2 Å². The van der Waals surface area contributed by atoms with Gasteiger partial charge in [0.2, 0.25) is 0 Å². The lowest BCUT2D eigenvalue weighted by molar-refractivity contribution is -0.145. The number of ether oxygens (including phenoxy) is 6. The van der Waals surface area contributed by atoms with E-state index < -0.39 is 0 Å². The Bertz CT molecular complexity index is 811. The molecular weight excluding hydrogens is 440 g/mol. The first kappa shape index (κ1) is 25.7. The van der Waals surface area contributed by atoms with Crippen LogP contribution >= 0.6 is 0 Å². The Kier molecular flexibility index (Phi) is 10.3. The molecular formula is C26H32O8. The molecule has 0 unspecified atom stereocenters. The molecule has 0 radical (unpaired) electrons. The van der Waals surface area contributed by atoms with Gasteiger partial charge in [0.05, 0.1) is 25.0 Å². The Morgan fingerprint density at radius 3 is 1.71 bits per heavy atom. The fourth-order valence-corrected chi connectivity index (χ4v) is 3.71. The Labute approximate surface area is 200 Å². The van der Waals surface area contributed by atoms with E-state index in [0.29, 0.717) is 62.8 Å². The molecule has 1 saturated carbocycles. The van der Waals surface area contributed by atoms with Crippen LogP contribution in [0.1, 0.15) is 31.2 Å². The molecule has 0 aliphatic heterocycles. The van der Waals surface area contributed by atoms with Crippen molar-refractivity contribution in [3.8, 4) is 17.2 Å². The molecule has 0 aromatic heterocycles. The SMILES string of the molecule is COCCOc1ccc(OC(=O)C2CCC(C(=O)Oc3ccc(COCOC)cc3)CC2)cc1. The van der Waals surface area contributed by atoms with E-state index >= 15 is 0 Å². The molecule has 8 heteroatoms. The van der Waals surface area contributed by atoms with Crippen molar-refractivity contribution in [2.24, 2.45) is 11.8 Å². The third-order valence-electron chi connectivity index (χ3n) is 5.60. The number of methoxy groups -OCH3 is 2. The number of hydrogen-bond acceptors (Lipinski definition) is 8. The highest BCUT2D eigenvalue weighted by atomic mass is 16.7. The topological polar surface area (TPSA) is 89.5 Å². The monoisotopic (exact) mass is 472 g/mol. The molecule has 0 N–H and O–H groups in total. The molecule has 1 aliphatic carbocycles. The van der Waals surface area contributed by atoms with Crippen LogP contribution in [-0.2, 0) is 30.4 Å². The minimum Gasteiger partial charge on any atom is -0.491 e. The summed E-state index contributed by atoms with van der Waals surface area (Å²) in [5.41, 5.74) is 0.962. The van der Waals surface area contributed by atoms with Crippen molar-refractivity contribution in [1.82, 2.24) is 0 Å². The maximum Gasteiger partial charge on any atom is 0.314 e. The van der Waals surface area contributed by atoms with E-state index in [4.69, 9.17) is 28.4 Å². The van der Waals surface area contributed by atoms with Crippen LogP contribution in [0.2, 0.25) is 0 Å². The Hall–Kier alpha value is -2.94. The number of carbonyl (C=O) groups excluding carboxylic acids is 2. The maximum atomic E-state index is 12.6. The molecule has 0 amide bonds. The van der Waals surface area contributed by atoms with E-state index in [2.05, 4.69) is 0 Å². The van der Waals surface area contributed by atoms with Gasteiger partial charge in [0, 0.05) is 14.2 Å². The molecule has 0 saturated heterocycles. The number of carbonyl (C=O) groups is 2. The van der Waals surface area contributed by atoms with Gasteiger partial charge in [-0.05, 0) is 67.6 Å². The van der Waals surface area contributed by atoms with E-state index in [9.17, 15) is 9.59 Å². The van der Waals surface area contributed by atoms with Crippen LogP contribution in [0.25, 0.3) is 0 Å². The molecule has 184 valence electrons. The fraction of sp³-hybridized carbons (Fsp3) is 0.462. The second-order valence-corrected chi connectivity index (χ2v) is 8.10. The summed E-state index contributed by atoms with van der Waals surface area (Å²) < 4.78 is 31.7.